The van der Waals surface area contributed by atoms with Crippen molar-refractivity contribution in [1.29, 1.82) is 0 Å². The normalized spacial score (nSPS) is 11.3. The first kappa shape index (κ1) is 21.7. The summed E-state index contributed by atoms with van der Waals surface area (Å²) in [6, 6.07) is 10.1. The van der Waals surface area contributed by atoms with Gasteiger partial charge < -0.3 is 19.8 Å². The fraction of sp³-hybridized carbons (Fsp3) is 0.280. The molecule has 0 aliphatic heterocycles. The first-order valence-corrected chi connectivity index (χ1v) is 11.2. The fourth-order valence-corrected chi connectivity index (χ4v) is 4.05. The third kappa shape index (κ3) is 4.12. The van der Waals surface area contributed by atoms with Crippen molar-refractivity contribution in [3.8, 4) is 11.5 Å². The van der Waals surface area contributed by atoms with Crippen LogP contribution in [0.15, 0.2) is 43.0 Å². The molecule has 0 saturated carbocycles. The molecule has 0 bridgehead atoms. The molecule has 9 heteroatoms. The van der Waals surface area contributed by atoms with Gasteiger partial charge in [-0.2, -0.15) is 5.10 Å². The summed E-state index contributed by atoms with van der Waals surface area (Å²) < 4.78 is 13.5. The quantitative estimate of drug-likeness (QED) is 0.321. The van der Waals surface area contributed by atoms with Crippen LogP contribution in [0.1, 0.15) is 23.5 Å². The van der Waals surface area contributed by atoms with Gasteiger partial charge in [-0.25, -0.2) is 15.0 Å². The zero-order valence-corrected chi connectivity index (χ0v) is 19.7. The molecule has 0 spiro atoms. The summed E-state index contributed by atoms with van der Waals surface area (Å²) in [4.78, 5) is 16.5. The SMILES string of the molecule is COc1cc2c(Nc3ccc4[nH]c(C)c(C)c4c3)ncnc2cc1OCCCn1ncnc1C. The van der Waals surface area contributed by atoms with E-state index in [-0.39, 0.29) is 0 Å². The monoisotopic (exact) mass is 457 g/mol. The molecule has 0 amide bonds. The van der Waals surface area contributed by atoms with Crippen LogP contribution in [-0.4, -0.2) is 43.4 Å². The average molecular weight is 458 g/mol. The highest BCUT2D eigenvalue weighted by molar-refractivity contribution is 5.94. The molecular weight excluding hydrogens is 430 g/mol. The van der Waals surface area contributed by atoms with E-state index in [1.165, 1.54) is 16.6 Å². The lowest BCUT2D eigenvalue weighted by atomic mass is 10.1. The van der Waals surface area contributed by atoms with E-state index in [0.717, 1.165) is 40.9 Å². The van der Waals surface area contributed by atoms with E-state index in [4.69, 9.17) is 9.47 Å². The summed E-state index contributed by atoms with van der Waals surface area (Å²) in [6.45, 7) is 7.40. The number of aryl methyl sites for hydroxylation is 4. The molecule has 0 atom stereocenters. The molecule has 0 fully saturated rings. The molecule has 0 aliphatic rings. The molecule has 0 saturated heterocycles. The van der Waals surface area contributed by atoms with Crippen molar-refractivity contribution in [3.63, 3.8) is 0 Å². The molecule has 0 unspecified atom stereocenters. The van der Waals surface area contributed by atoms with Crippen molar-refractivity contribution >= 4 is 33.3 Å². The van der Waals surface area contributed by atoms with Crippen molar-refractivity contribution < 1.29 is 9.47 Å². The summed E-state index contributed by atoms with van der Waals surface area (Å²) in [6.07, 6.45) is 3.91. The van der Waals surface area contributed by atoms with Crippen LogP contribution in [0, 0.1) is 20.8 Å². The van der Waals surface area contributed by atoms with E-state index in [9.17, 15) is 0 Å². The average Bonchev–Trinajstić information content (AvgIpc) is 3.38. The van der Waals surface area contributed by atoms with Gasteiger partial charge in [0.15, 0.2) is 11.5 Å². The Morgan fingerprint density at radius 3 is 2.65 bits per heavy atom. The number of hydrogen-bond acceptors (Lipinski definition) is 7. The molecule has 5 aromatic rings. The molecule has 5 rings (SSSR count). The maximum absolute atomic E-state index is 6.03. The van der Waals surface area contributed by atoms with Crippen LogP contribution in [0.4, 0.5) is 11.5 Å². The number of benzene rings is 2. The highest BCUT2D eigenvalue weighted by Crippen LogP contribution is 2.35. The van der Waals surface area contributed by atoms with Crippen LogP contribution in [0.5, 0.6) is 11.5 Å². The van der Waals surface area contributed by atoms with Crippen LogP contribution >= 0.6 is 0 Å². The summed E-state index contributed by atoms with van der Waals surface area (Å²) in [5, 5.41) is 9.69. The number of methoxy groups -OCH3 is 1. The number of aromatic amines is 1. The van der Waals surface area contributed by atoms with E-state index in [1.807, 2.05) is 29.8 Å². The third-order valence-corrected chi connectivity index (χ3v) is 6.07. The number of hydrogen-bond donors (Lipinski definition) is 2. The summed E-state index contributed by atoms with van der Waals surface area (Å²) in [5.41, 5.74) is 5.27. The second-order valence-electron chi connectivity index (χ2n) is 8.24. The van der Waals surface area contributed by atoms with Gasteiger partial charge in [0.05, 0.1) is 19.2 Å². The lowest BCUT2D eigenvalue weighted by Crippen LogP contribution is -2.08. The summed E-state index contributed by atoms with van der Waals surface area (Å²) in [7, 11) is 1.63. The zero-order chi connectivity index (χ0) is 23.7. The van der Waals surface area contributed by atoms with Crippen molar-refractivity contribution in [2.75, 3.05) is 19.0 Å². The molecule has 2 N–H and O–H groups in total. The number of anilines is 2. The topological polar surface area (TPSA) is 103 Å². The van der Waals surface area contributed by atoms with Crippen molar-refractivity contribution in [2.45, 2.75) is 33.7 Å². The van der Waals surface area contributed by atoms with E-state index in [0.29, 0.717) is 23.9 Å². The number of rotatable bonds is 8. The summed E-state index contributed by atoms with van der Waals surface area (Å²) in [5.74, 6) is 2.88. The number of ether oxygens (including phenoxy) is 2. The van der Waals surface area contributed by atoms with E-state index < -0.39 is 0 Å². The Labute approximate surface area is 197 Å². The zero-order valence-electron chi connectivity index (χ0n) is 19.7. The second-order valence-corrected chi connectivity index (χ2v) is 8.24. The van der Waals surface area contributed by atoms with Gasteiger partial charge in [-0.1, -0.05) is 0 Å². The Kier molecular flexibility index (Phi) is 5.75. The lowest BCUT2D eigenvalue weighted by Gasteiger charge is -2.14. The largest absolute Gasteiger partial charge is 0.493 e. The van der Waals surface area contributed by atoms with E-state index >= 15 is 0 Å². The van der Waals surface area contributed by atoms with E-state index in [1.54, 1.807) is 19.8 Å². The van der Waals surface area contributed by atoms with Crippen LogP contribution < -0.4 is 14.8 Å². The van der Waals surface area contributed by atoms with Gasteiger partial charge in [0.25, 0.3) is 0 Å². The van der Waals surface area contributed by atoms with Crippen LogP contribution in [0.25, 0.3) is 21.8 Å². The minimum absolute atomic E-state index is 0.521. The maximum Gasteiger partial charge on any atom is 0.163 e. The molecule has 2 aromatic carbocycles. The molecule has 0 aliphatic carbocycles. The Balaban J connectivity index is 1.37. The van der Waals surface area contributed by atoms with Crippen molar-refractivity contribution in [1.82, 2.24) is 29.7 Å². The predicted octanol–water partition coefficient (Wildman–Crippen LogP) is 4.85. The van der Waals surface area contributed by atoms with Crippen LogP contribution in [-0.2, 0) is 6.54 Å². The standard InChI is InChI=1S/C25H27N7O2/c1-15-16(2)30-21-7-6-18(10-19(15)21)31-25-20-11-23(33-4)24(12-22(20)27-13-28-25)34-9-5-8-32-17(3)26-14-29-32/h6-7,10-14,30H,5,8-9H2,1-4H3,(H,27,28,31). The van der Waals surface area contributed by atoms with Crippen LogP contribution in [0.2, 0.25) is 0 Å². The summed E-state index contributed by atoms with van der Waals surface area (Å²) >= 11 is 0. The smallest absolute Gasteiger partial charge is 0.163 e. The third-order valence-electron chi connectivity index (χ3n) is 6.07. The molecule has 3 aromatic heterocycles. The number of aromatic nitrogens is 6. The Hall–Kier alpha value is -4.14. The lowest BCUT2D eigenvalue weighted by molar-refractivity contribution is 0.280. The molecule has 34 heavy (non-hydrogen) atoms. The molecule has 9 nitrogen and oxygen atoms in total. The Bertz CT molecular complexity index is 1470. The minimum Gasteiger partial charge on any atom is -0.493 e. The fourth-order valence-electron chi connectivity index (χ4n) is 4.05. The first-order chi connectivity index (χ1) is 16.5. The van der Waals surface area contributed by atoms with Gasteiger partial charge in [0.1, 0.15) is 24.3 Å². The number of nitrogens with zero attached hydrogens (tertiary/aromatic N) is 5. The number of fused-ring (bicyclic) bond motifs is 2. The Morgan fingerprint density at radius 1 is 0.971 bits per heavy atom. The number of H-pyrrole nitrogens is 1. The van der Waals surface area contributed by atoms with Crippen molar-refractivity contribution in [2.24, 2.45) is 0 Å². The molecule has 0 radical (unpaired) electrons. The highest BCUT2D eigenvalue weighted by Gasteiger charge is 2.13. The van der Waals surface area contributed by atoms with Gasteiger partial charge in [0, 0.05) is 46.7 Å². The van der Waals surface area contributed by atoms with Gasteiger partial charge in [0.2, 0.25) is 0 Å². The molecular formula is C25H27N7O2. The second kappa shape index (κ2) is 9.01. The maximum atomic E-state index is 6.03. The van der Waals surface area contributed by atoms with E-state index in [2.05, 4.69) is 56.3 Å². The number of nitrogens with one attached hydrogen (secondary N) is 2. The predicted molar refractivity (Wildman–Crippen MR) is 132 cm³/mol. The van der Waals surface area contributed by atoms with Crippen LogP contribution in [0.3, 0.4) is 0 Å². The van der Waals surface area contributed by atoms with Gasteiger partial charge in [-0.05, 0) is 50.6 Å². The molecule has 174 valence electrons. The van der Waals surface area contributed by atoms with Gasteiger partial charge in [-0.3, -0.25) is 4.68 Å². The van der Waals surface area contributed by atoms with Crippen molar-refractivity contribution in [3.05, 3.63) is 60.1 Å². The molecule has 3 heterocycles. The van der Waals surface area contributed by atoms with Gasteiger partial charge >= 0.3 is 0 Å². The Morgan fingerprint density at radius 2 is 1.85 bits per heavy atom. The first-order valence-electron chi connectivity index (χ1n) is 11.2. The minimum atomic E-state index is 0.521. The van der Waals surface area contributed by atoms with Gasteiger partial charge in [-0.15, -0.1) is 0 Å². The highest BCUT2D eigenvalue weighted by atomic mass is 16.5.